The maximum Gasteiger partial charge on any atom is 0.326 e. The van der Waals surface area contributed by atoms with Crippen LogP contribution in [-0.4, -0.2) is 53.4 Å². The number of ether oxygens (including phenoxy) is 1. The molecule has 1 fully saturated rings. The molecule has 2 N–H and O–H groups in total. The number of nitrogens with zero attached hydrogens (tertiary/aromatic N) is 4. The van der Waals surface area contributed by atoms with Gasteiger partial charge in [0.25, 0.3) is 5.91 Å². The van der Waals surface area contributed by atoms with E-state index in [4.69, 9.17) is 10.5 Å². The number of hydrogen-bond donors (Lipinski definition) is 1. The van der Waals surface area contributed by atoms with Gasteiger partial charge >= 0.3 is 6.03 Å². The number of nitrogens with two attached hydrogens (primary N) is 1. The third kappa shape index (κ3) is 4.73. The SMILES string of the molecule is COc1cncc(-c2cccc(N(C(N)=O)C(=O)c3ccc(C4CCC(=O)N(C)C4)cc3)c2)n1. The van der Waals surface area contributed by atoms with Gasteiger partial charge in [0, 0.05) is 37.1 Å². The number of imide groups is 1. The number of likely N-dealkylation sites (tertiary alicyclic amines) is 1. The molecule has 1 atom stereocenters. The fourth-order valence-electron chi connectivity index (χ4n) is 4.05. The number of primary amides is 1. The molecule has 0 radical (unpaired) electrons. The minimum atomic E-state index is -0.893. The standard InChI is InChI=1S/C25H25N5O4/c1-29-15-19(10-11-23(29)31)16-6-8-17(9-7-16)24(32)30(25(26)33)20-5-3-4-18(12-20)21-13-27-14-22(28-21)34-2/h3-9,12-14,19H,10-11,15H2,1-2H3,(H2,26,33). The first kappa shape index (κ1) is 22.9. The third-order valence-corrected chi connectivity index (χ3v) is 5.90. The van der Waals surface area contributed by atoms with E-state index in [0.717, 1.165) is 16.9 Å². The number of benzene rings is 2. The molecule has 34 heavy (non-hydrogen) atoms. The zero-order chi connectivity index (χ0) is 24.2. The van der Waals surface area contributed by atoms with Crippen LogP contribution in [0.25, 0.3) is 11.3 Å². The van der Waals surface area contributed by atoms with Gasteiger partial charge in [0.05, 0.1) is 30.9 Å². The summed E-state index contributed by atoms with van der Waals surface area (Å²) in [5.74, 6) is 0.158. The molecule has 4 amide bonds. The molecule has 3 aromatic rings. The van der Waals surface area contributed by atoms with Gasteiger partial charge in [-0.25, -0.2) is 14.7 Å². The molecule has 0 spiro atoms. The van der Waals surface area contributed by atoms with Crippen molar-refractivity contribution in [1.82, 2.24) is 14.9 Å². The first-order valence-electron chi connectivity index (χ1n) is 10.8. The lowest BCUT2D eigenvalue weighted by atomic mass is 9.90. The quantitative estimate of drug-likeness (QED) is 0.626. The van der Waals surface area contributed by atoms with Gasteiger partial charge in [-0.1, -0.05) is 24.3 Å². The van der Waals surface area contributed by atoms with Crippen LogP contribution in [0.4, 0.5) is 10.5 Å². The molecular formula is C25H25N5O4. The fourth-order valence-corrected chi connectivity index (χ4v) is 4.05. The van der Waals surface area contributed by atoms with Crippen molar-refractivity contribution in [2.24, 2.45) is 5.73 Å². The molecule has 2 aromatic carbocycles. The number of rotatable bonds is 5. The highest BCUT2D eigenvalue weighted by Gasteiger charge is 2.26. The largest absolute Gasteiger partial charge is 0.480 e. The smallest absolute Gasteiger partial charge is 0.326 e. The van der Waals surface area contributed by atoms with Gasteiger partial charge in [-0.15, -0.1) is 0 Å². The predicted octanol–water partition coefficient (Wildman–Crippen LogP) is 3.21. The number of carbonyl (C=O) groups is 3. The first-order valence-corrected chi connectivity index (χ1v) is 10.8. The number of hydrogen-bond acceptors (Lipinski definition) is 6. The molecule has 174 valence electrons. The topological polar surface area (TPSA) is 119 Å². The Morgan fingerprint density at radius 3 is 2.59 bits per heavy atom. The average molecular weight is 460 g/mol. The summed E-state index contributed by atoms with van der Waals surface area (Å²) < 4.78 is 5.12. The highest BCUT2D eigenvalue weighted by atomic mass is 16.5. The number of aromatic nitrogens is 2. The lowest BCUT2D eigenvalue weighted by Crippen LogP contribution is -2.41. The van der Waals surface area contributed by atoms with Gasteiger partial charge in [-0.3, -0.25) is 14.6 Å². The molecule has 4 rings (SSSR count). The van der Waals surface area contributed by atoms with Gasteiger partial charge in [0.2, 0.25) is 11.8 Å². The second kappa shape index (κ2) is 9.70. The van der Waals surface area contributed by atoms with Crippen molar-refractivity contribution in [3.05, 3.63) is 72.1 Å². The second-order valence-corrected chi connectivity index (χ2v) is 8.11. The van der Waals surface area contributed by atoms with Crippen molar-refractivity contribution in [2.45, 2.75) is 18.8 Å². The summed E-state index contributed by atoms with van der Waals surface area (Å²) in [6.45, 7) is 0.638. The highest BCUT2D eigenvalue weighted by molar-refractivity contribution is 6.20. The Morgan fingerprint density at radius 2 is 1.91 bits per heavy atom. The molecule has 1 unspecified atom stereocenters. The maximum atomic E-state index is 13.2. The van der Waals surface area contributed by atoms with E-state index in [2.05, 4.69) is 9.97 Å². The zero-order valence-corrected chi connectivity index (χ0v) is 19.0. The number of amides is 4. The van der Waals surface area contributed by atoms with Gasteiger partial charge in [-0.2, -0.15) is 0 Å². The van der Waals surface area contributed by atoms with Crippen LogP contribution in [0.3, 0.4) is 0 Å². The lowest BCUT2D eigenvalue weighted by Gasteiger charge is -2.30. The Bertz CT molecular complexity index is 1230. The highest BCUT2D eigenvalue weighted by Crippen LogP contribution is 2.28. The van der Waals surface area contributed by atoms with E-state index in [1.165, 1.54) is 13.3 Å². The Balaban J connectivity index is 1.59. The van der Waals surface area contributed by atoms with E-state index >= 15 is 0 Å². The normalized spacial score (nSPS) is 15.6. The second-order valence-electron chi connectivity index (χ2n) is 8.11. The Morgan fingerprint density at radius 1 is 1.15 bits per heavy atom. The number of methoxy groups -OCH3 is 1. The van der Waals surface area contributed by atoms with Crippen LogP contribution < -0.4 is 15.4 Å². The Labute approximate surface area is 197 Å². The summed E-state index contributed by atoms with van der Waals surface area (Å²) in [5.41, 5.74) is 8.46. The van der Waals surface area contributed by atoms with Gasteiger partial charge < -0.3 is 15.4 Å². The summed E-state index contributed by atoms with van der Waals surface area (Å²) >= 11 is 0. The minimum absolute atomic E-state index is 0.141. The molecule has 1 aromatic heterocycles. The van der Waals surface area contributed by atoms with Crippen molar-refractivity contribution < 1.29 is 19.1 Å². The summed E-state index contributed by atoms with van der Waals surface area (Å²) in [6.07, 6.45) is 4.32. The molecular weight excluding hydrogens is 434 g/mol. The lowest BCUT2D eigenvalue weighted by molar-refractivity contribution is -0.132. The van der Waals surface area contributed by atoms with Gasteiger partial charge in [0.15, 0.2) is 0 Å². The molecule has 0 saturated carbocycles. The molecule has 2 heterocycles. The molecule has 9 nitrogen and oxygen atoms in total. The van der Waals surface area contributed by atoms with Crippen molar-refractivity contribution in [1.29, 1.82) is 0 Å². The molecule has 1 saturated heterocycles. The molecule has 1 aliphatic heterocycles. The maximum absolute atomic E-state index is 13.2. The van der Waals surface area contributed by atoms with Gasteiger partial charge in [0.1, 0.15) is 0 Å². The predicted molar refractivity (Wildman–Crippen MR) is 126 cm³/mol. The summed E-state index contributed by atoms with van der Waals surface area (Å²) in [4.78, 5) is 48.4. The summed E-state index contributed by atoms with van der Waals surface area (Å²) in [7, 11) is 3.29. The Kier molecular flexibility index (Phi) is 6.53. The van der Waals surface area contributed by atoms with Crippen LogP contribution in [0, 0.1) is 0 Å². The average Bonchev–Trinajstić information content (AvgIpc) is 2.86. The van der Waals surface area contributed by atoms with Crippen LogP contribution in [0.2, 0.25) is 0 Å². The van der Waals surface area contributed by atoms with Crippen molar-refractivity contribution in [2.75, 3.05) is 25.6 Å². The third-order valence-electron chi connectivity index (χ3n) is 5.90. The van der Waals surface area contributed by atoms with Crippen molar-refractivity contribution in [3.8, 4) is 17.1 Å². The molecule has 9 heteroatoms. The number of piperidine rings is 1. The van der Waals surface area contributed by atoms with Crippen LogP contribution in [0.5, 0.6) is 5.88 Å². The van der Waals surface area contributed by atoms with Crippen molar-refractivity contribution in [3.63, 3.8) is 0 Å². The van der Waals surface area contributed by atoms with E-state index in [9.17, 15) is 14.4 Å². The van der Waals surface area contributed by atoms with E-state index in [-0.39, 0.29) is 11.8 Å². The van der Waals surface area contributed by atoms with E-state index in [1.807, 2.05) is 12.1 Å². The van der Waals surface area contributed by atoms with Crippen LogP contribution >= 0.6 is 0 Å². The van der Waals surface area contributed by atoms with Crippen LogP contribution in [-0.2, 0) is 4.79 Å². The molecule has 0 aliphatic carbocycles. The number of anilines is 1. The van der Waals surface area contributed by atoms with E-state index < -0.39 is 11.9 Å². The van der Waals surface area contributed by atoms with Crippen LogP contribution in [0.15, 0.2) is 60.9 Å². The molecule has 0 bridgehead atoms. The number of carbonyl (C=O) groups excluding carboxylic acids is 3. The molecule has 1 aliphatic rings. The van der Waals surface area contributed by atoms with Crippen LogP contribution in [0.1, 0.15) is 34.7 Å². The van der Waals surface area contributed by atoms with Crippen molar-refractivity contribution >= 4 is 23.5 Å². The fraction of sp³-hybridized carbons (Fsp3) is 0.240. The number of urea groups is 1. The zero-order valence-electron chi connectivity index (χ0n) is 19.0. The summed E-state index contributed by atoms with van der Waals surface area (Å²) in [6, 6.07) is 13.0. The van der Waals surface area contributed by atoms with E-state index in [0.29, 0.717) is 41.4 Å². The van der Waals surface area contributed by atoms with E-state index in [1.54, 1.807) is 54.5 Å². The minimum Gasteiger partial charge on any atom is -0.480 e. The monoisotopic (exact) mass is 459 g/mol. The first-order chi connectivity index (χ1) is 16.4. The number of likely N-dealkylation sites (N-methyl/N-ethyl adjacent to an activating group) is 1. The Hall–Kier alpha value is -4.27. The van der Waals surface area contributed by atoms with Gasteiger partial charge in [-0.05, 0) is 36.2 Å². The summed E-state index contributed by atoms with van der Waals surface area (Å²) in [5, 5.41) is 0.